The topological polar surface area (TPSA) is 67.6 Å². The van der Waals surface area contributed by atoms with E-state index in [2.05, 4.69) is 45.3 Å². The first-order valence-electron chi connectivity index (χ1n) is 10.2. The number of hydrogen-bond acceptors (Lipinski definition) is 4. The van der Waals surface area contributed by atoms with Crippen LogP contribution >= 0.6 is 24.0 Å². The number of halogens is 2. The molecule has 32 heavy (non-hydrogen) atoms. The molecule has 0 atom stereocenters. The number of pyridine rings is 1. The zero-order chi connectivity index (χ0) is 22.4. The molecule has 9 heteroatoms. The summed E-state index contributed by atoms with van der Waals surface area (Å²) < 4.78 is 20.6. The van der Waals surface area contributed by atoms with Crippen LogP contribution in [0.3, 0.4) is 0 Å². The molecule has 0 saturated heterocycles. The molecule has 0 bridgehead atoms. The maximum Gasteiger partial charge on any atom is 0.219 e. The van der Waals surface area contributed by atoms with E-state index in [9.17, 15) is 4.39 Å². The van der Waals surface area contributed by atoms with Gasteiger partial charge in [0.05, 0.1) is 5.69 Å². The Morgan fingerprint density at radius 2 is 1.97 bits per heavy atom. The van der Waals surface area contributed by atoms with Gasteiger partial charge in [0.1, 0.15) is 11.6 Å². The third-order valence-electron chi connectivity index (χ3n) is 4.75. The summed E-state index contributed by atoms with van der Waals surface area (Å²) in [4.78, 5) is 10.7. The molecule has 2 heterocycles. The summed E-state index contributed by atoms with van der Waals surface area (Å²) in [6.07, 6.45) is 3.74. The van der Waals surface area contributed by atoms with Gasteiger partial charge in [-0.25, -0.2) is 9.37 Å². The van der Waals surface area contributed by atoms with Crippen LogP contribution in [-0.4, -0.2) is 39.7 Å². The lowest BCUT2D eigenvalue weighted by atomic mass is 10.1. The summed E-state index contributed by atoms with van der Waals surface area (Å²) in [5.74, 6) is 1.81. The van der Waals surface area contributed by atoms with Crippen molar-refractivity contribution in [3.63, 3.8) is 0 Å². The minimum absolute atomic E-state index is 0. The first-order valence-corrected chi connectivity index (χ1v) is 10.2. The van der Waals surface area contributed by atoms with Crippen molar-refractivity contribution in [2.45, 2.75) is 32.9 Å². The molecular weight excluding hydrogens is 522 g/mol. The van der Waals surface area contributed by atoms with Crippen LogP contribution in [-0.2, 0) is 20.1 Å². The fourth-order valence-corrected chi connectivity index (χ4v) is 3.30. The van der Waals surface area contributed by atoms with Crippen molar-refractivity contribution in [3.05, 3.63) is 71.4 Å². The van der Waals surface area contributed by atoms with Crippen LogP contribution in [0.2, 0.25) is 0 Å². The predicted octanol–water partition coefficient (Wildman–Crippen LogP) is 4.70. The Balaban J connectivity index is 0.00000363. The molecule has 7 nitrogen and oxygen atoms in total. The Kier molecular flexibility index (Phi) is 9.42. The van der Waals surface area contributed by atoms with Crippen LogP contribution in [0, 0.1) is 5.82 Å². The molecule has 0 aliphatic heterocycles. The average molecular weight is 552 g/mol. The molecule has 1 N–H and O–H groups in total. The van der Waals surface area contributed by atoms with E-state index in [1.165, 1.54) is 17.7 Å². The van der Waals surface area contributed by atoms with Crippen LogP contribution in [0.4, 0.5) is 4.39 Å². The maximum atomic E-state index is 13.1. The highest BCUT2D eigenvalue weighted by atomic mass is 127. The summed E-state index contributed by atoms with van der Waals surface area (Å²) in [5, 5.41) is 7.95. The summed E-state index contributed by atoms with van der Waals surface area (Å²) in [7, 11) is 5.71. The first-order chi connectivity index (χ1) is 14.9. The number of benzene rings is 1. The number of hydrogen-bond donors (Lipinski definition) is 1. The lowest BCUT2D eigenvalue weighted by Gasteiger charge is -2.22. The molecule has 0 radical (unpaired) electrons. The molecule has 2 aromatic heterocycles. The maximum absolute atomic E-state index is 13.1. The molecule has 172 valence electrons. The quantitative estimate of drug-likeness (QED) is 0.262. The van der Waals surface area contributed by atoms with E-state index in [-0.39, 0.29) is 29.8 Å². The smallest absolute Gasteiger partial charge is 0.219 e. The summed E-state index contributed by atoms with van der Waals surface area (Å²) in [6.45, 7) is 5.56. The van der Waals surface area contributed by atoms with E-state index in [4.69, 9.17) is 4.74 Å². The van der Waals surface area contributed by atoms with E-state index in [0.717, 1.165) is 17.2 Å². The van der Waals surface area contributed by atoms with Crippen LogP contribution in [0.1, 0.15) is 36.6 Å². The molecule has 1 aromatic carbocycles. The fraction of sp³-hybridized carbons (Fsp3) is 0.348. The van der Waals surface area contributed by atoms with Gasteiger partial charge in [-0.05, 0) is 41.8 Å². The minimum Gasteiger partial charge on any atom is -0.439 e. The van der Waals surface area contributed by atoms with E-state index in [0.29, 0.717) is 30.6 Å². The highest BCUT2D eigenvalue weighted by Gasteiger charge is 2.15. The molecule has 3 aromatic rings. The van der Waals surface area contributed by atoms with E-state index in [1.807, 2.05) is 30.9 Å². The molecule has 0 aliphatic rings. The number of nitrogens with one attached hydrogen (secondary N) is 1. The lowest BCUT2D eigenvalue weighted by Crippen LogP contribution is -2.38. The molecule has 3 rings (SSSR count). The Labute approximate surface area is 205 Å². The summed E-state index contributed by atoms with van der Waals surface area (Å²) in [6, 6.07) is 9.61. The van der Waals surface area contributed by atoms with Crippen LogP contribution in [0.25, 0.3) is 0 Å². The van der Waals surface area contributed by atoms with Gasteiger partial charge in [0.25, 0.3) is 0 Å². The lowest BCUT2D eigenvalue weighted by molar-refractivity contribution is 0.459. The third-order valence-corrected chi connectivity index (χ3v) is 4.75. The number of ether oxygens (including phenoxy) is 1. The van der Waals surface area contributed by atoms with Gasteiger partial charge in [0.2, 0.25) is 5.88 Å². The Hall–Kier alpha value is -2.69. The van der Waals surface area contributed by atoms with E-state index < -0.39 is 0 Å². The monoisotopic (exact) mass is 552 g/mol. The fourth-order valence-electron chi connectivity index (χ4n) is 3.30. The summed E-state index contributed by atoms with van der Waals surface area (Å²) >= 11 is 0. The predicted molar refractivity (Wildman–Crippen MR) is 135 cm³/mol. The van der Waals surface area contributed by atoms with Crippen molar-refractivity contribution < 1.29 is 9.13 Å². The van der Waals surface area contributed by atoms with Crippen molar-refractivity contribution in [2.24, 2.45) is 12.0 Å². The summed E-state index contributed by atoms with van der Waals surface area (Å²) in [5.41, 5.74) is 3.27. The number of nitrogens with zero attached hydrogens (tertiary/aromatic N) is 5. The van der Waals surface area contributed by atoms with Crippen LogP contribution in [0.15, 0.2) is 53.8 Å². The SMILES string of the molecule is CN=C(NCc1ccnc(Oc2ccc(F)cc2)c1)N(C)Cc1cn(C)nc1C(C)C.I. The minimum atomic E-state index is -0.305. The van der Waals surface area contributed by atoms with Crippen molar-refractivity contribution in [1.82, 2.24) is 25.0 Å². The normalized spacial score (nSPS) is 11.3. The van der Waals surface area contributed by atoms with E-state index >= 15 is 0 Å². The van der Waals surface area contributed by atoms with Gasteiger partial charge in [-0.1, -0.05) is 13.8 Å². The molecule has 0 aliphatic carbocycles. The number of aromatic nitrogens is 3. The number of aryl methyl sites for hydroxylation is 1. The van der Waals surface area contributed by atoms with Gasteiger partial charge >= 0.3 is 0 Å². The van der Waals surface area contributed by atoms with Gasteiger partial charge in [-0.2, -0.15) is 5.10 Å². The highest BCUT2D eigenvalue weighted by molar-refractivity contribution is 14.0. The van der Waals surface area contributed by atoms with Gasteiger partial charge in [-0.3, -0.25) is 9.67 Å². The first kappa shape index (κ1) is 25.6. The van der Waals surface area contributed by atoms with Crippen LogP contribution < -0.4 is 10.1 Å². The number of guanidine groups is 1. The van der Waals surface area contributed by atoms with Crippen LogP contribution in [0.5, 0.6) is 11.6 Å². The van der Waals surface area contributed by atoms with Crippen molar-refractivity contribution in [3.8, 4) is 11.6 Å². The highest BCUT2D eigenvalue weighted by Crippen LogP contribution is 2.21. The zero-order valence-electron chi connectivity index (χ0n) is 19.0. The van der Waals surface area contributed by atoms with Gasteiger partial charge in [-0.15, -0.1) is 24.0 Å². The van der Waals surface area contributed by atoms with Gasteiger partial charge in [0, 0.05) is 58.3 Å². The second-order valence-electron chi connectivity index (χ2n) is 7.68. The molecule has 0 amide bonds. The zero-order valence-corrected chi connectivity index (χ0v) is 21.4. The largest absolute Gasteiger partial charge is 0.439 e. The molecule has 0 saturated carbocycles. The average Bonchev–Trinajstić information content (AvgIpc) is 3.11. The van der Waals surface area contributed by atoms with E-state index in [1.54, 1.807) is 25.4 Å². The standard InChI is InChI=1S/C23H29FN6O.HI/c1-16(2)22-18(15-30(5)28-22)14-29(4)23(25-3)27-13-17-10-11-26-21(12-17)31-20-8-6-19(24)7-9-20;/h6-12,15-16H,13-14H2,1-5H3,(H,25,27);1H. The second kappa shape index (κ2) is 11.8. The van der Waals surface area contributed by atoms with Gasteiger partial charge in [0.15, 0.2) is 5.96 Å². The third kappa shape index (κ3) is 6.91. The molecular formula is C23H30FIN6O. The molecule has 0 unspecified atom stereocenters. The molecule has 0 spiro atoms. The van der Waals surface area contributed by atoms with Gasteiger partial charge < -0.3 is 15.0 Å². The number of aliphatic imine (C=N–C) groups is 1. The van der Waals surface area contributed by atoms with Crippen molar-refractivity contribution in [1.29, 1.82) is 0 Å². The second-order valence-corrected chi connectivity index (χ2v) is 7.68. The Bertz CT molecular complexity index is 1040. The van der Waals surface area contributed by atoms with Crippen molar-refractivity contribution >= 4 is 29.9 Å². The van der Waals surface area contributed by atoms with Crippen molar-refractivity contribution in [2.75, 3.05) is 14.1 Å². The molecule has 0 fully saturated rings. The Morgan fingerprint density at radius 1 is 1.25 bits per heavy atom. The Morgan fingerprint density at radius 3 is 2.62 bits per heavy atom. The number of rotatable bonds is 7.